The van der Waals surface area contributed by atoms with Gasteiger partial charge in [0.1, 0.15) is 0 Å². The smallest absolute Gasteiger partial charge is 0.0933 e. The molecule has 0 saturated carbocycles. The average Bonchev–Trinajstić information content (AvgIpc) is 2.34. The van der Waals surface area contributed by atoms with Gasteiger partial charge in [-0.2, -0.15) is 0 Å². The van der Waals surface area contributed by atoms with Crippen molar-refractivity contribution in [1.82, 2.24) is 3.11 Å². The molecule has 1 aliphatic heterocycles. The first-order chi connectivity index (χ1) is 4.75. The Balaban J connectivity index is 2.38. The highest BCUT2D eigenvalue weighted by Gasteiger charge is 2.28. The molecular weight excluding hydrogens is 245 g/mol. The molecule has 0 radical (unpaired) electrons. The Bertz CT molecular complexity index is 112. The second-order valence-corrected chi connectivity index (χ2v) is 3.82. The molecule has 10 heavy (non-hydrogen) atoms. The van der Waals surface area contributed by atoms with E-state index in [9.17, 15) is 5.11 Å². The molecule has 0 spiro atoms. The van der Waals surface area contributed by atoms with Gasteiger partial charge in [0, 0.05) is 35.5 Å². The molecule has 1 rings (SSSR count). The summed E-state index contributed by atoms with van der Waals surface area (Å²) >= 11 is 2.19. The molecule has 1 saturated heterocycles. The standard InChI is InChI=1S/C6H12INO2/c7-8-3-1-2-5(8)6(10)4-9/h5-6,9-10H,1-4H2/t5-,6?/m1/s1. The molecule has 0 bridgehead atoms. The summed E-state index contributed by atoms with van der Waals surface area (Å²) in [5.41, 5.74) is 0. The SMILES string of the molecule is OCC(O)[C@H]1CCCN1I. The summed E-state index contributed by atoms with van der Waals surface area (Å²) < 4.78 is 2.07. The Kier molecular flexibility index (Phi) is 3.35. The molecule has 60 valence electrons. The Morgan fingerprint density at radius 3 is 2.80 bits per heavy atom. The van der Waals surface area contributed by atoms with Gasteiger partial charge in [0.05, 0.1) is 12.7 Å². The van der Waals surface area contributed by atoms with Crippen molar-refractivity contribution in [1.29, 1.82) is 0 Å². The minimum absolute atomic E-state index is 0.121. The zero-order chi connectivity index (χ0) is 7.56. The van der Waals surface area contributed by atoms with E-state index in [0.29, 0.717) is 0 Å². The molecule has 1 heterocycles. The van der Waals surface area contributed by atoms with Gasteiger partial charge in [-0.25, -0.2) is 3.11 Å². The van der Waals surface area contributed by atoms with E-state index in [1.54, 1.807) is 0 Å². The van der Waals surface area contributed by atoms with Crippen molar-refractivity contribution in [2.24, 2.45) is 0 Å². The van der Waals surface area contributed by atoms with Crippen LogP contribution < -0.4 is 0 Å². The van der Waals surface area contributed by atoms with Crippen LogP contribution in [-0.2, 0) is 0 Å². The Hall–Kier alpha value is 0.610. The van der Waals surface area contributed by atoms with Gasteiger partial charge in [-0.05, 0) is 12.8 Å². The van der Waals surface area contributed by atoms with Crippen molar-refractivity contribution in [2.45, 2.75) is 25.0 Å². The summed E-state index contributed by atoms with van der Waals surface area (Å²) in [6.45, 7) is 0.909. The summed E-state index contributed by atoms with van der Waals surface area (Å²) in [6, 6.07) is 0.172. The topological polar surface area (TPSA) is 43.7 Å². The van der Waals surface area contributed by atoms with Crippen LogP contribution in [0.25, 0.3) is 0 Å². The third-order valence-corrected chi connectivity index (χ3v) is 3.06. The lowest BCUT2D eigenvalue weighted by Crippen LogP contribution is -2.35. The van der Waals surface area contributed by atoms with E-state index >= 15 is 0 Å². The summed E-state index contributed by atoms with van der Waals surface area (Å²) in [4.78, 5) is 0. The number of hydrogen-bond donors (Lipinski definition) is 2. The van der Waals surface area contributed by atoms with E-state index in [2.05, 4.69) is 26.0 Å². The van der Waals surface area contributed by atoms with Gasteiger partial charge < -0.3 is 10.2 Å². The van der Waals surface area contributed by atoms with Crippen LogP contribution in [-0.4, -0.2) is 38.6 Å². The van der Waals surface area contributed by atoms with Crippen molar-refractivity contribution in [2.75, 3.05) is 13.2 Å². The lowest BCUT2D eigenvalue weighted by atomic mass is 10.1. The van der Waals surface area contributed by atoms with Gasteiger partial charge >= 0.3 is 0 Å². The van der Waals surface area contributed by atoms with E-state index < -0.39 is 6.10 Å². The van der Waals surface area contributed by atoms with Crippen LogP contribution in [0.15, 0.2) is 0 Å². The summed E-state index contributed by atoms with van der Waals surface area (Å²) in [5.74, 6) is 0. The zero-order valence-electron chi connectivity index (χ0n) is 5.70. The molecule has 2 N–H and O–H groups in total. The van der Waals surface area contributed by atoms with Crippen LogP contribution in [0.1, 0.15) is 12.8 Å². The van der Waals surface area contributed by atoms with Crippen molar-refractivity contribution < 1.29 is 10.2 Å². The molecule has 0 amide bonds. The van der Waals surface area contributed by atoms with Crippen LogP contribution in [0.2, 0.25) is 0 Å². The predicted molar refractivity (Wildman–Crippen MR) is 46.8 cm³/mol. The highest BCUT2D eigenvalue weighted by Crippen LogP contribution is 2.23. The molecule has 1 unspecified atom stereocenters. The maximum atomic E-state index is 9.23. The molecule has 4 heteroatoms. The highest BCUT2D eigenvalue weighted by atomic mass is 127. The number of nitrogens with zero attached hydrogens (tertiary/aromatic N) is 1. The van der Waals surface area contributed by atoms with Crippen molar-refractivity contribution in [3.05, 3.63) is 0 Å². The third-order valence-electron chi connectivity index (χ3n) is 1.86. The van der Waals surface area contributed by atoms with Gasteiger partial charge in [0.25, 0.3) is 0 Å². The van der Waals surface area contributed by atoms with Gasteiger partial charge in [-0.15, -0.1) is 0 Å². The molecule has 1 aliphatic rings. The zero-order valence-corrected chi connectivity index (χ0v) is 7.86. The number of aliphatic hydroxyl groups excluding tert-OH is 2. The van der Waals surface area contributed by atoms with Crippen molar-refractivity contribution in [3.8, 4) is 0 Å². The van der Waals surface area contributed by atoms with Gasteiger partial charge in [0.2, 0.25) is 0 Å². The Morgan fingerprint density at radius 2 is 2.40 bits per heavy atom. The van der Waals surface area contributed by atoms with E-state index in [-0.39, 0.29) is 12.6 Å². The first kappa shape index (κ1) is 8.70. The monoisotopic (exact) mass is 257 g/mol. The van der Waals surface area contributed by atoms with Crippen LogP contribution >= 0.6 is 22.9 Å². The molecule has 0 aliphatic carbocycles. The summed E-state index contributed by atoms with van der Waals surface area (Å²) in [6.07, 6.45) is 1.58. The fourth-order valence-corrected chi connectivity index (χ4v) is 2.25. The first-order valence-corrected chi connectivity index (χ1v) is 4.43. The Labute approximate surface area is 74.5 Å². The van der Waals surface area contributed by atoms with Gasteiger partial charge in [0.15, 0.2) is 0 Å². The van der Waals surface area contributed by atoms with Gasteiger partial charge in [-0.3, -0.25) is 0 Å². The molecule has 0 aromatic heterocycles. The molecule has 2 atom stereocenters. The van der Waals surface area contributed by atoms with Crippen LogP contribution in [0.4, 0.5) is 0 Å². The van der Waals surface area contributed by atoms with E-state index in [0.717, 1.165) is 19.4 Å². The summed E-state index contributed by atoms with van der Waals surface area (Å²) in [5, 5.41) is 17.9. The molecule has 1 fully saturated rings. The number of halogens is 1. The minimum Gasteiger partial charge on any atom is -0.394 e. The summed E-state index contributed by atoms with van der Waals surface area (Å²) in [7, 11) is 0. The lowest BCUT2D eigenvalue weighted by molar-refractivity contribution is 0.0552. The maximum absolute atomic E-state index is 9.23. The van der Waals surface area contributed by atoms with Crippen molar-refractivity contribution >= 4 is 22.9 Å². The minimum atomic E-state index is -0.556. The molecule has 0 aromatic rings. The van der Waals surface area contributed by atoms with Crippen LogP contribution in [0.5, 0.6) is 0 Å². The third kappa shape index (κ3) is 1.81. The molecule has 0 aromatic carbocycles. The normalized spacial score (nSPS) is 30.9. The Morgan fingerprint density at radius 1 is 1.70 bits per heavy atom. The van der Waals surface area contributed by atoms with Crippen molar-refractivity contribution in [3.63, 3.8) is 0 Å². The second kappa shape index (κ2) is 3.85. The fraction of sp³-hybridized carbons (Fsp3) is 1.00. The number of aliphatic hydroxyl groups is 2. The maximum Gasteiger partial charge on any atom is 0.0933 e. The van der Waals surface area contributed by atoms with Crippen LogP contribution in [0, 0.1) is 0 Å². The van der Waals surface area contributed by atoms with E-state index in [1.807, 2.05) is 0 Å². The molecular formula is C6H12INO2. The highest BCUT2D eigenvalue weighted by molar-refractivity contribution is 14.1. The number of rotatable bonds is 2. The quantitative estimate of drug-likeness (QED) is 0.547. The van der Waals surface area contributed by atoms with E-state index in [1.165, 1.54) is 0 Å². The predicted octanol–water partition coefficient (Wildman–Crippen LogP) is 0.154. The number of hydrogen-bond acceptors (Lipinski definition) is 3. The van der Waals surface area contributed by atoms with Gasteiger partial charge in [-0.1, -0.05) is 0 Å². The first-order valence-electron chi connectivity index (χ1n) is 3.47. The van der Waals surface area contributed by atoms with E-state index in [4.69, 9.17) is 5.11 Å². The fourth-order valence-electron chi connectivity index (χ4n) is 1.26. The average molecular weight is 257 g/mol. The van der Waals surface area contributed by atoms with Crippen LogP contribution in [0.3, 0.4) is 0 Å². The largest absolute Gasteiger partial charge is 0.394 e. The lowest BCUT2D eigenvalue weighted by Gasteiger charge is -2.21. The second-order valence-electron chi connectivity index (χ2n) is 2.58. The molecule has 3 nitrogen and oxygen atoms in total.